The average Bonchev–Trinajstić information content (AvgIpc) is 2.65. The Bertz CT molecular complexity index is 543. The first-order valence-corrected chi connectivity index (χ1v) is 5.77. The summed E-state index contributed by atoms with van der Waals surface area (Å²) in [6.07, 6.45) is 2.60. The number of aromatic nitrogens is 2. The highest BCUT2D eigenvalue weighted by molar-refractivity contribution is 5.67. The van der Waals surface area contributed by atoms with E-state index in [4.69, 9.17) is 5.11 Å². The van der Waals surface area contributed by atoms with Crippen LogP contribution in [0.25, 0.3) is 5.65 Å². The SMILES string of the molecule is CC(C)c1nc2ccccn2c1CCC(=O)O. The van der Waals surface area contributed by atoms with Crippen molar-refractivity contribution in [3.05, 3.63) is 35.8 Å². The summed E-state index contributed by atoms with van der Waals surface area (Å²) in [5, 5.41) is 8.78. The van der Waals surface area contributed by atoms with Gasteiger partial charge in [-0.1, -0.05) is 19.9 Å². The Labute approximate surface area is 99.9 Å². The van der Waals surface area contributed by atoms with Gasteiger partial charge in [0, 0.05) is 18.3 Å². The van der Waals surface area contributed by atoms with E-state index < -0.39 is 5.97 Å². The van der Waals surface area contributed by atoms with E-state index in [9.17, 15) is 4.79 Å². The molecule has 2 heterocycles. The third kappa shape index (κ3) is 2.30. The van der Waals surface area contributed by atoms with Crippen LogP contribution in [0.2, 0.25) is 0 Å². The normalized spacial score (nSPS) is 11.2. The second-order valence-electron chi connectivity index (χ2n) is 4.42. The molecule has 0 amide bonds. The Hall–Kier alpha value is -1.84. The van der Waals surface area contributed by atoms with Gasteiger partial charge in [-0.3, -0.25) is 4.79 Å². The van der Waals surface area contributed by atoms with Gasteiger partial charge in [-0.15, -0.1) is 0 Å². The van der Waals surface area contributed by atoms with Crippen LogP contribution in [0.4, 0.5) is 0 Å². The van der Waals surface area contributed by atoms with E-state index in [-0.39, 0.29) is 6.42 Å². The summed E-state index contributed by atoms with van der Waals surface area (Å²) in [5.74, 6) is -0.468. The molecule has 0 aliphatic heterocycles. The maximum Gasteiger partial charge on any atom is 0.303 e. The number of hydrogen-bond acceptors (Lipinski definition) is 2. The van der Waals surface area contributed by atoms with Gasteiger partial charge in [-0.25, -0.2) is 4.98 Å². The number of pyridine rings is 1. The molecule has 0 aliphatic rings. The third-order valence-corrected chi connectivity index (χ3v) is 2.78. The first kappa shape index (κ1) is 11.6. The molecular weight excluding hydrogens is 216 g/mol. The van der Waals surface area contributed by atoms with Gasteiger partial charge in [-0.2, -0.15) is 0 Å². The number of hydrogen-bond donors (Lipinski definition) is 1. The molecule has 0 unspecified atom stereocenters. The molecule has 0 fully saturated rings. The van der Waals surface area contributed by atoms with E-state index in [1.165, 1.54) is 0 Å². The van der Waals surface area contributed by atoms with Gasteiger partial charge < -0.3 is 9.51 Å². The molecule has 90 valence electrons. The average molecular weight is 232 g/mol. The lowest BCUT2D eigenvalue weighted by Crippen LogP contribution is -2.03. The molecule has 0 aromatic carbocycles. The fraction of sp³-hybridized carbons (Fsp3) is 0.385. The molecule has 0 aliphatic carbocycles. The van der Waals surface area contributed by atoms with Crippen molar-refractivity contribution >= 4 is 11.6 Å². The Kier molecular flexibility index (Phi) is 3.13. The van der Waals surface area contributed by atoms with Crippen LogP contribution in [-0.4, -0.2) is 20.5 Å². The highest BCUT2D eigenvalue weighted by Gasteiger charge is 2.15. The molecule has 0 saturated heterocycles. The first-order chi connectivity index (χ1) is 8.09. The predicted molar refractivity (Wildman–Crippen MR) is 65.2 cm³/mol. The number of aliphatic carboxylic acids is 1. The largest absolute Gasteiger partial charge is 0.481 e. The fourth-order valence-corrected chi connectivity index (χ4v) is 2.00. The van der Waals surface area contributed by atoms with Crippen molar-refractivity contribution in [2.24, 2.45) is 0 Å². The summed E-state index contributed by atoms with van der Waals surface area (Å²) < 4.78 is 1.98. The minimum absolute atomic E-state index is 0.141. The van der Waals surface area contributed by atoms with Gasteiger partial charge in [0.15, 0.2) is 0 Å². The number of fused-ring (bicyclic) bond motifs is 1. The van der Waals surface area contributed by atoms with E-state index >= 15 is 0 Å². The van der Waals surface area contributed by atoms with Crippen LogP contribution < -0.4 is 0 Å². The summed E-state index contributed by atoms with van der Waals surface area (Å²) in [7, 11) is 0. The molecule has 4 heteroatoms. The molecule has 4 nitrogen and oxygen atoms in total. The summed E-state index contributed by atoms with van der Waals surface area (Å²) in [6.45, 7) is 4.15. The maximum atomic E-state index is 10.7. The van der Waals surface area contributed by atoms with E-state index in [0.29, 0.717) is 12.3 Å². The molecule has 17 heavy (non-hydrogen) atoms. The topological polar surface area (TPSA) is 54.6 Å². The summed E-state index contributed by atoms with van der Waals surface area (Å²) in [5.41, 5.74) is 2.90. The zero-order valence-electron chi connectivity index (χ0n) is 10.1. The second kappa shape index (κ2) is 4.57. The van der Waals surface area contributed by atoms with E-state index in [0.717, 1.165) is 17.0 Å². The lowest BCUT2D eigenvalue weighted by molar-refractivity contribution is -0.136. The smallest absolute Gasteiger partial charge is 0.303 e. The molecule has 1 N–H and O–H groups in total. The van der Waals surface area contributed by atoms with Crippen molar-refractivity contribution in [1.82, 2.24) is 9.38 Å². The van der Waals surface area contributed by atoms with E-state index in [1.54, 1.807) is 0 Å². The van der Waals surface area contributed by atoms with Gasteiger partial charge >= 0.3 is 5.97 Å². The van der Waals surface area contributed by atoms with Crippen LogP contribution in [0, 0.1) is 0 Å². The number of aryl methyl sites for hydroxylation is 1. The lowest BCUT2D eigenvalue weighted by Gasteiger charge is -2.05. The van der Waals surface area contributed by atoms with Crippen molar-refractivity contribution in [3.63, 3.8) is 0 Å². The summed E-state index contributed by atoms with van der Waals surface area (Å²) in [6, 6.07) is 5.81. The minimum Gasteiger partial charge on any atom is -0.481 e. The van der Waals surface area contributed by atoms with Crippen molar-refractivity contribution in [1.29, 1.82) is 0 Å². The van der Waals surface area contributed by atoms with E-state index in [1.807, 2.05) is 28.8 Å². The number of carbonyl (C=O) groups is 1. The number of rotatable bonds is 4. The number of carboxylic acids is 1. The maximum absolute atomic E-state index is 10.7. The highest BCUT2D eigenvalue weighted by Crippen LogP contribution is 2.21. The molecule has 0 atom stereocenters. The molecule has 0 bridgehead atoms. The number of imidazole rings is 1. The molecular formula is C13H16N2O2. The second-order valence-corrected chi connectivity index (χ2v) is 4.42. The molecule has 2 aromatic rings. The highest BCUT2D eigenvalue weighted by atomic mass is 16.4. The fourth-order valence-electron chi connectivity index (χ4n) is 2.00. The Morgan fingerprint density at radius 2 is 2.24 bits per heavy atom. The lowest BCUT2D eigenvalue weighted by atomic mass is 10.1. The summed E-state index contributed by atoms with van der Waals surface area (Å²) >= 11 is 0. The van der Waals surface area contributed by atoms with Gasteiger partial charge in [0.25, 0.3) is 0 Å². The van der Waals surface area contributed by atoms with Crippen LogP contribution in [-0.2, 0) is 11.2 Å². The first-order valence-electron chi connectivity index (χ1n) is 5.77. The van der Waals surface area contributed by atoms with Crippen LogP contribution in [0.1, 0.15) is 37.6 Å². The Balaban J connectivity index is 2.48. The van der Waals surface area contributed by atoms with Crippen molar-refractivity contribution in [3.8, 4) is 0 Å². The van der Waals surface area contributed by atoms with E-state index in [2.05, 4.69) is 18.8 Å². The van der Waals surface area contributed by atoms with Gasteiger partial charge in [0.05, 0.1) is 12.1 Å². The number of nitrogens with zero attached hydrogens (tertiary/aromatic N) is 2. The monoisotopic (exact) mass is 232 g/mol. The molecule has 0 spiro atoms. The minimum atomic E-state index is -0.773. The molecule has 0 saturated carbocycles. The van der Waals surface area contributed by atoms with Gasteiger partial charge in [0.1, 0.15) is 5.65 Å². The quantitative estimate of drug-likeness (QED) is 0.881. The standard InChI is InChI=1S/C13H16N2O2/c1-9(2)13-10(6-7-12(16)17)15-8-4-3-5-11(15)14-13/h3-5,8-9H,6-7H2,1-2H3,(H,16,17). The third-order valence-electron chi connectivity index (χ3n) is 2.78. The molecule has 2 aromatic heterocycles. The van der Waals surface area contributed by atoms with Crippen LogP contribution >= 0.6 is 0 Å². The van der Waals surface area contributed by atoms with Gasteiger partial charge in [-0.05, 0) is 18.1 Å². The summed E-state index contributed by atoms with van der Waals surface area (Å²) in [4.78, 5) is 15.2. The Morgan fingerprint density at radius 1 is 1.47 bits per heavy atom. The van der Waals surface area contributed by atoms with Crippen molar-refractivity contribution in [2.75, 3.05) is 0 Å². The van der Waals surface area contributed by atoms with Crippen LogP contribution in [0.15, 0.2) is 24.4 Å². The zero-order valence-corrected chi connectivity index (χ0v) is 10.1. The van der Waals surface area contributed by atoms with Crippen LogP contribution in [0.3, 0.4) is 0 Å². The van der Waals surface area contributed by atoms with Crippen molar-refractivity contribution < 1.29 is 9.90 Å². The van der Waals surface area contributed by atoms with Crippen molar-refractivity contribution in [2.45, 2.75) is 32.6 Å². The van der Waals surface area contributed by atoms with Gasteiger partial charge in [0.2, 0.25) is 0 Å². The Morgan fingerprint density at radius 3 is 2.88 bits per heavy atom. The molecule has 0 radical (unpaired) electrons. The number of carboxylic acid groups (broad SMARTS) is 1. The predicted octanol–water partition coefficient (Wildman–Crippen LogP) is 2.47. The molecule has 2 rings (SSSR count). The zero-order chi connectivity index (χ0) is 12.4. The van der Waals surface area contributed by atoms with Crippen LogP contribution in [0.5, 0.6) is 0 Å².